The summed E-state index contributed by atoms with van der Waals surface area (Å²) in [7, 11) is 0. The van der Waals surface area contributed by atoms with Crippen molar-refractivity contribution in [1.29, 1.82) is 0 Å². The van der Waals surface area contributed by atoms with E-state index in [-0.39, 0.29) is 12.3 Å². The molecule has 1 amide bonds. The van der Waals surface area contributed by atoms with Gasteiger partial charge in [-0.05, 0) is 48.3 Å². The maximum Gasteiger partial charge on any atom is 0.303 e. The lowest BCUT2D eigenvalue weighted by molar-refractivity contribution is -0.137. The van der Waals surface area contributed by atoms with E-state index in [0.29, 0.717) is 21.5 Å². The fraction of sp³-hybridized carbons (Fsp3) is 0.385. The molecule has 0 aliphatic heterocycles. The van der Waals surface area contributed by atoms with Crippen molar-refractivity contribution in [2.24, 2.45) is 0 Å². The van der Waals surface area contributed by atoms with Gasteiger partial charge in [0.15, 0.2) is 0 Å². The Morgan fingerprint density at radius 1 is 1.42 bits per heavy atom. The fourth-order valence-corrected chi connectivity index (χ4v) is 2.11. The van der Waals surface area contributed by atoms with E-state index in [0.717, 1.165) is 0 Å². The molecule has 1 aromatic carbocycles. The number of nitrogens with one attached hydrogen (secondary N) is 1. The average Bonchev–Trinajstić information content (AvgIpc) is 2.29. The molecule has 1 rings (SSSR count). The van der Waals surface area contributed by atoms with Crippen LogP contribution in [-0.2, 0) is 4.79 Å². The Hall–Kier alpha value is -1.07. The molecule has 0 saturated carbocycles. The first-order valence-electron chi connectivity index (χ1n) is 5.71. The molecular formula is C13H15BrClNO3. The highest BCUT2D eigenvalue weighted by Gasteiger charge is 2.23. The molecule has 0 fully saturated rings. The summed E-state index contributed by atoms with van der Waals surface area (Å²) in [5.74, 6) is -1.20. The quantitative estimate of drug-likeness (QED) is 0.856. The molecule has 0 aliphatic rings. The van der Waals surface area contributed by atoms with Crippen LogP contribution in [0.1, 0.15) is 37.0 Å². The van der Waals surface area contributed by atoms with Gasteiger partial charge in [-0.15, -0.1) is 0 Å². The number of benzene rings is 1. The van der Waals surface area contributed by atoms with Crippen LogP contribution >= 0.6 is 27.5 Å². The minimum absolute atomic E-state index is 0.000500. The zero-order valence-electron chi connectivity index (χ0n) is 10.7. The minimum Gasteiger partial charge on any atom is -0.481 e. The molecule has 2 N–H and O–H groups in total. The van der Waals surface area contributed by atoms with Crippen LogP contribution in [0.25, 0.3) is 0 Å². The molecule has 0 spiro atoms. The molecule has 19 heavy (non-hydrogen) atoms. The van der Waals surface area contributed by atoms with Crippen LogP contribution in [0.3, 0.4) is 0 Å². The van der Waals surface area contributed by atoms with Gasteiger partial charge in [-0.3, -0.25) is 9.59 Å². The summed E-state index contributed by atoms with van der Waals surface area (Å²) in [6.45, 7) is 3.56. The van der Waals surface area contributed by atoms with E-state index >= 15 is 0 Å². The van der Waals surface area contributed by atoms with E-state index in [1.54, 1.807) is 32.0 Å². The Labute approximate surface area is 125 Å². The fourth-order valence-electron chi connectivity index (χ4n) is 1.54. The van der Waals surface area contributed by atoms with Gasteiger partial charge in [-0.25, -0.2) is 0 Å². The van der Waals surface area contributed by atoms with Gasteiger partial charge in [0.1, 0.15) is 0 Å². The van der Waals surface area contributed by atoms with Crippen LogP contribution in [-0.4, -0.2) is 22.5 Å². The van der Waals surface area contributed by atoms with Gasteiger partial charge >= 0.3 is 5.97 Å². The Balaban J connectivity index is 2.79. The molecule has 0 aromatic heterocycles. The van der Waals surface area contributed by atoms with Gasteiger partial charge in [0, 0.05) is 16.4 Å². The van der Waals surface area contributed by atoms with Crippen molar-refractivity contribution in [3.63, 3.8) is 0 Å². The molecule has 0 radical (unpaired) electrons. The smallest absolute Gasteiger partial charge is 0.303 e. The minimum atomic E-state index is -0.886. The van der Waals surface area contributed by atoms with E-state index in [1.807, 2.05) is 0 Å². The molecule has 1 aromatic rings. The SMILES string of the molecule is CC(C)(CCC(=O)O)NC(=O)c1cccc(Br)c1Cl. The van der Waals surface area contributed by atoms with E-state index < -0.39 is 11.5 Å². The highest BCUT2D eigenvalue weighted by atomic mass is 79.9. The van der Waals surface area contributed by atoms with Crippen LogP contribution in [0.2, 0.25) is 5.02 Å². The number of halogens is 2. The Kier molecular flexibility index (Phi) is 5.38. The average molecular weight is 349 g/mol. The van der Waals surface area contributed by atoms with Crippen molar-refractivity contribution in [3.8, 4) is 0 Å². The van der Waals surface area contributed by atoms with Crippen LogP contribution < -0.4 is 5.32 Å². The van der Waals surface area contributed by atoms with Gasteiger partial charge < -0.3 is 10.4 Å². The third-order valence-electron chi connectivity index (χ3n) is 2.61. The van der Waals surface area contributed by atoms with Crippen molar-refractivity contribution in [1.82, 2.24) is 5.32 Å². The summed E-state index contributed by atoms with van der Waals surface area (Å²) in [6, 6.07) is 5.08. The first kappa shape index (κ1) is 16.0. The van der Waals surface area contributed by atoms with Gasteiger partial charge in [0.25, 0.3) is 5.91 Å². The predicted molar refractivity (Wildman–Crippen MR) is 77.6 cm³/mol. The number of hydrogen-bond donors (Lipinski definition) is 2. The monoisotopic (exact) mass is 347 g/mol. The second-order valence-electron chi connectivity index (χ2n) is 4.83. The molecule has 6 heteroatoms. The summed E-state index contributed by atoms with van der Waals surface area (Å²) in [6.07, 6.45) is 0.346. The van der Waals surface area contributed by atoms with Crippen molar-refractivity contribution >= 4 is 39.4 Å². The number of aliphatic carboxylic acids is 1. The summed E-state index contributed by atoms with van der Waals surface area (Å²) < 4.78 is 0.644. The van der Waals surface area contributed by atoms with E-state index in [2.05, 4.69) is 21.2 Å². The first-order chi connectivity index (χ1) is 8.73. The molecule has 104 valence electrons. The Morgan fingerprint density at radius 2 is 2.05 bits per heavy atom. The molecule has 0 aliphatic carbocycles. The summed E-state index contributed by atoms with van der Waals surface area (Å²) >= 11 is 9.30. The predicted octanol–water partition coefficient (Wildman–Crippen LogP) is 3.48. The molecule has 4 nitrogen and oxygen atoms in total. The third-order valence-corrected chi connectivity index (χ3v) is 3.91. The Morgan fingerprint density at radius 3 is 2.63 bits per heavy atom. The number of carboxylic acid groups (broad SMARTS) is 1. The highest BCUT2D eigenvalue weighted by molar-refractivity contribution is 9.10. The lowest BCUT2D eigenvalue weighted by Gasteiger charge is -2.26. The number of carboxylic acids is 1. The zero-order valence-corrected chi connectivity index (χ0v) is 13.0. The maximum absolute atomic E-state index is 12.1. The van der Waals surface area contributed by atoms with E-state index in [1.165, 1.54) is 0 Å². The van der Waals surface area contributed by atoms with Gasteiger partial charge in [0.2, 0.25) is 0 Å². The highest BCUT2D eigenvalue weighted by Crippen LogP contribution is 2.26. The zero-order chi connectivity index (χ0) is 14.6. The van der Waals surface area contributed by atoms with E-state index in [4.69, 9.17) is 16.7 Å². The number of rotatable bonds is 5. The second-order valence-corrected chi connectivity index (χ2v) is 6.07. The van der Waals surface area contributed by atoms with Crippen LogP contribution in [0, 0.1) is 0 Å². The van der Waals surface area contributed by atoms with Crippen LogP contribution in [0.5, 0.6) is 0 Å². The Bertz CT molecular complexity index is 503. The molecular weight excluding hydrogens is 334 g/mol. The van der Waals surface area contributed by atoms with Crippen molar-refractivity contribution in [2.45, 2.75) is 32.2 Å². The summed E-state index contributed by atoms with van der Waals surface area (Å²) in [5.41, 5.74) is -0.249. The van der Waals surface area contributed by atoms with Gasteiger partial charge in [-0.2, -0.15) is 0 Å². The number of hydrogen-bond acceptors (Lipinski definition) is 2. The number of carbonyl (C=O) groups is 2. The molecule has 0 unspecified atom stereocenters. The van der Waals surface area contributed by atoms with Crippen molar-refractivity contribution in [3.05, 3.63) is 33.3 Å². The topological polar surface area (TPSA) is 66.4 Å². The largest absolute Gasteiger partial charge is 0.481 e. The van der Waals surface area contributed by atoms with Crippen LogP contribution in [0.15, 0.2) is 22.7 Å². The summed E-state index contributed by atoms with van der Waals surface area (Å²) in [4.78, 5) is 22.7. The first-order valence-corrected chi connectivity index (χ1v) is 6.88. The molecule has 0 bridgehead atoms. The standard InChI is InChI=1S/C13H15BrClNO3/c1-13(2,7-6-10(17)18)16-12(19)8-4-3-5-9(14)11(8)15/h3-5H,6-7H2,1-2H3,(H,16,19)(H,17,18). The van der Waals surface area contributed by atoms with Crippen LogP contribution in [0.4, 0.5) is 0 Å². The summed E-state index contributed by atoms with van der Waals surface area (Å²) in [5, 5.41) is 11.8. The maximum atomic E-state index is 12.1. The number of carbonyl (C=O) groups excluding carboxylic acids is 1. The normalized spacial score (nSPS) is 11.2. The molecule has 0 atom stereocenters. The van der Waals surface area contributed by atoms with Gasteiger partial charge in [-0.1, -0.05) is 17.7 Å². The van der Waals surface area contributed by atoms with Crippen molar-refractivity contribution in [2.75, 3.05) is 0 Å². The van der Waals surface area contributed by atoms with E-state index in [9.17, 15) is 9.59 Å². The third kappa shape index (κ3) is 4.84. The lowest BCUT2D eigenvalue weighted by Crippen LogP contribution is -2.43. The van der Waals surface area contributed by atoms with Crippen molar-refractivity contribution < 1.29 is 14.7 Å². The molecule has 0 heterocycles. The lowest BCUT2D eigenvalue weighted by atomic mass is 9.98. The second kappa shape index (κ2) is 6.39. The molecule has 0 saturated heterocycles. The van der Waals surface area contributed by atoms with Gasteiger partial charge in [0.05, 0.1) is 10.6 Å². The number of amides is 1.